The lowest BCUT2D eigenvalue weighted by Crippen LogP contribution is -2.40. The molecule has 1 aromatic carbocycles. The highest BCUT2D eigenvalue weighted by Crippen LogP contribution is 2.18. The van der Waals surface area contributed by atoms with Gasteiger partial charge in [0.1, 0.15) is 11.8 Å². The predicted octanol–water partition coefficient (Wildman–Crippen LogP) is 1.69. The quantitative estimate of drug-likeness (QED) is 0.790. The van der Waals surface area contributed by atoms with Gasteiger partial charge in [-0.2, -0.15) is 0 Å². The van der Waals surface area contributed by atoms with Gasteiger partial charge in [-0.15, -0.1) is 0 Å². The molecule has 4 heteroatoms. The zero-order valence-corrected chi connectivity index (χ0v) is 10.4. The molecular formula is C13H19NO3. The molecule has 0 aromatic heterocycles. The number of rotatable bonds is 6. The molecule has 0 aliphatic carbocycles. The maximum absolute atomic E-state index is 10.7. The van der Waals surface area contributed by atoms with E-state index in [9.17, 15) is 4.79 Å². The van der Waals surface area contributed by atoms with Crippen molar-refractivity contribution >= 4 is 5.97 Å². The summed E-state index contributed by atoms with van der Waals surface area (Å²) in [6.45, 7) is 3.60. The van der Waals surface area contributed by atoms with Crippen LogP contribution in [0.3, 0.4) is 0 Å². The normalized spacial score (nSPS) is 14.1. The minimum Gasteiger partial charge on any atom is -0.496 e. The molecule has 2 N–H and O–H groups in total. The number of aliphatic carboxylic acids is 1. The fourth-order valence-corrected chi connectivity index (χ4v) is 1.76. The minimum atomic E-state index is -0.836. The largest absolute Gasteiger partial charge is 0.496 e. The third kappa shape index (κ3) is 4.07. The predicted molar refractivity (Wildman–Crippen MR) is 66.4 cm³/mol. The fraction of sp³-hybridized carbons (Fsp3) is 0.462. The molecule has 0 spiro atoms. The number of hydrogen-bond acceptors (Lipinski definition) is 3. The summed E-state index contributed by atoms with van der Waals surface area (Å²) in [7, 11) is 1.64. The van der Waals surface area contributed by atoms with Crippen LogP contribution in [0.25, 0.3) is 0 Å². The molecular weight excluding hydrogens is 218 g/mol. The summed E-state index contributed by atoms with van der Waals surface area (Å²) < 4.78 is 5.25. The number of carbonyl (C=O) groups is 1. The third-order valence-corrected chi connectivity index (χ3v) is 2.62. The molecule has 94 valence electrons. The van der Waals surface area contributed by atoms with Crippen molar-refractivity contribution in [3.63, 3.8) is 0 Å². The van der Waals surface area contributed by atoms with Crippen LogP contribution in [-0.2, 0) is 11.2 Å². The Morgan fingerprint density at radius 1 is 1.41 bits per heavy atom. The molecule has 1 rings (SSSR count). The Bertz CT molecular complexity index is 379. The van der Waals surface area contributed by atoms with Crippen LogP contribution in [0.5, 0.6) is 5.75 Å². The number of carboxylic acids is 1. The minimum absolute atomic E-state index is 0.0809. The lowest BCUT2D eigenvalue weighted by molar-refractivity contribution is -0.139. The van der Waals surface area contributed by atoms with Crippen LogP contribution in [0.1, 0.15) is 19.4 Å². The van der Waals surface area contributed by atoms with Gasteiger partial charge in [-0.3, -0.25) is 4.79 Å². The Labute approximate surface area is 102 Å². The summed E-state index contributed by atoms with van der Waals surface area (Å²) >= 11 is 0. The van der Waals surface area contributed by atoms with Crippen LogP contribution in [0.2, 0.25) is 0 Å². The topological polar surface area (TPSA) is 58.6 Å². The number of ether oxygens (including phenoxy) is 1. The number of methoxy groups -OCH3 is 1. The molecule has 0 aliphatic rings. The first kappa shape index (κ1) is 13.5. The van der Waals surface area contributed by atoms with E-state index >= 15 is 0 Å². The second-order valence-corrected chi connectivity index (χ2v) is 4.14. The maximum Gasteiger partial charge on any atom is 0.320 e. The maximum atomic E-state index is 10.7. The van der Waals surface area contributed by atoms with Gasteiger partial charge in [0, 0.05) is 6.04 Å². The number of para-hydroxylation sites is 1. The van der Waals surface area contributed by atoms with Crippen molar-refractivity contribution in [3.8, 4) is 5.75 Å². The van der Waals surface area contributed by atoms with Gasteiger partial charge < -0.3 is 15.2 Å². The van der Waals surface area contributed by atoms with E-state index in [0.29, 0.717) is 0 Å². The van der Waals surface area contributed by atoms with Gasteiger partial charge >= 0.3 is 5.97 Å². The number of nitrogens with one attached hydrogen (secondary N) is 1. The fourth-order valence-electron chi connectivity index (χ4n) is 1.76. The molecule has 0 saturated carbocycles. The van der Waals surface area contributed by atoms with Crippen molar-refractivity contribution in [2.24, 2.45) is 0 Å². The van der Waals surface area contributed by atoms with Crippen molar-refractivity contribution < 1.29 is 14.6 Å². The summed E-state index contributed by atoms with van der Waals surface area (Å²) in [5.74, 6) is 0.000930. The van der Waals surface area contributed by atoms with Gasteiger partial charge in [0.2, 0.25) is 0 Å². The first-order valence-corrected chi connectivity index (χ1v) is 5.65. The summed E-state index contributed by atoms with van der Waals surface area (Å²) in [6.07, 6.45) is 0.738. The molecule has 0 heterocycles. The Morgan fingerprint density at radius 2 is 2.06 bits per heavy atom. The van der Waals surface area contributed by atoms with Crippen LogP contribution >= 0.6 is 0 Å². The summed E-state index contributed by atoms with van der Waals surface area (Å²) in [6, 6.07) is 7.30. The van der Waals surface area contributed by atoms with E-state index in [2.05, 4.69) is 5.32 Å². The van der Waals surface area contributed by atoms with Gasteiger partial charge in [-0.1, -0.05) is 18.2 Å². The molecule has 0 bridgehead atoms. The standard InChI is InChI=1S/C13H19NO3/c1-9(14-10(2)13(15)16)8-11-6-4-5-7-12(11)17-3/h4-7,9-10,14H,8H2,1-3H3,(H,15,16). The number of hydrogen-bond donors (Lipinski definition) is 2. The van der Waals surface area contributed by atoms with E-state index in [1.165, 1.54) is 0 Å². The van der Waals surface area contributed by atoms with Crippen LogP contribution in [-0.4, -0.2) is 30.3 Å². The average Bonchev–Trinajstić information content (AvgIpc) is 2.29. The van der Waals surface area contributed by atoms with Crippen LogP contribution in [0.15, 0.2) is 24.3 Å². The highest BCUT2D eigenvalue weighted by atomic mass is 16.5. The summed E-state index contributed by atoms with van der Waals surface area (Å²) in [4.78, 5) is 10.7. The zero-order chi connectivity index (χ0) is 12.8. The molecule has 0 amide bonds. The van der Waals surface area contributed by atoms with Crippen LogP contribution < -0.4 is 10.1 Å². The lowest BCUT2D eigenvalue weighted by Gasteiger charge is -2.18. The van der Waals surface area contributed by atoms with E-state index in [-0.39, 0.29) is 6.04 Å². The van der Waals surface area contributed by atoms with Crippen LogP contribution in [0, 0.1) is 0 Å². The van der Waals surface area contributed by atoms with Crippen molar-refractivity contribution in [1.82, 2.24) is 5.32 Å². The van der Waals surface area contributed by atoms with E-state index in [1.807, 2.05) is 31.2 Å². The first-order valence-electron chi connectivity index (χ1n) is 5.65. The monoisotopic (exact) mass is 237 g/mol. The Kier molecular flexibility index (Phi) is 4.97. The Balaban J connectivity index is 2.61. The first-order chi connectivity index (χ1) is 8.04. The molecule has 17 heavy (non-hydrogen) atoms. The molecule has 0 saturated heterocycles. The third-order valence-electron chi connectivity index (χ3n) is 2.62. The highest BCUT2D eigenvalue weighted by Gasteiger charge is 2.15. The molecule has 2 atom stereocenters. The Morgan fingerprint density at radius 3 is 2.65 bits per heavy atom. The summed E-state index contributed by atoms with van der Waals surface area (Å²) in [5, 5.41) is 11.8. The average molecular weight is 237 g/mol. The van der Waals surface area contributed by atoms with Crippen molar-refractivity contribution in [3.05, 3.63) is 29.8 Å². The smallest absolute Gasteiger partial charge is 0.320 e. The molecule has 1 aromatic rings. The Hall–Kier alpha value is -1.55. The van der Waals surface area contributed by atoms with Crippen LogP contribution in [0.4, 0.5) is 0 Å². The molecule has 4 nitrogen and oxygen atoms in total. The van der Waals surface area contributed by atoms with E-state index < -0.39 is 12.0 Å². The molecule has 0 fully saturated rings. The molecule has 2 unspecified atom stereocenters. The molecule has 0 aliphatic heterocycles. The van der Waals surface area contributed by atoms with Gasteiger partial charge in [0.05, 0.1) is 7.11 Å². The van der Waals surface area contributed by atoms with Gasteiger partial charge in [-0.25, -0.2) is 0 Å². The second kappa shape index (κ2) is 6.25. The van der Waals surface area contributed by atoms with Gasteiger partial charge in [-0.05, 0) is 31.9 Å². The molecule has 0 radical (unpaired) electrons. The van der Waals surface area contributed by atoms with E-state index in [1.54, 1.807) is 14.0 Å². The number of carboxylic acid groups (broad SMARTS) is 1. The highest BCUT2D eigenvalue weighted by molar-refractivity contribution is 5.72. The number of benzene rings is 1. The van der Waals surface area contributed by atoms with Crippen molar-refractivity contribution in [2.75, 3.05) is 7.11 Å². The summed E-state index contributed by atoms with van der Waals surface area (Å²) in [5.41, 5.74) is 1.08. The van der Waals surface area contributed by atoms with E-state index in [4.69, 9.17) is 9.84 Å². The zero-order valence-electron chi connectivity index (χ0n) is 10.4. The SMILES string of the molecule is COc1ccccc1CC(C)NC(C)C(=O)O. The van der Waals surface area contributed by atoms with Crippen molar-refractivity contribution in [1.29, 1.82) is 0 Å². The van der Waals surface area contributed by atoms with Gasteiger partial charge in [0.25, 0.3) is 0 Å². The van der Waals surface area contributed by atoms with E-state index in [0.717, 1.165) is 17.7 Å². The second-order valence-electron chi connectivity index (χ2n) is 4.14. The lowest BCUT2D eigenvalue weighted by atomic mass is 10.1. The van der Waals surface area contributed by atoms with Gasteiger partial charge in [0.15, 0.2) is 0 Å². The van der Waals surface area contributed by atoms with Crippen molar-refractivity contribution in [2.45, 2.75) is 32.4 Å².